The summed E-state index contributed by atoms with van der Waals surface area (Å²) in [6.45, 7) is 7.01. The molecule has 19 heavy (non-hydrogen) atoms. The Morgan fingerprint density at radius 1 is 1.32 bits per heavy atom. The molecule has 2 heterocycles. The van der Waals surface area contributed by atoms with Crippen molar-refractivity contribution in [3.8, 4) is 0 Å². The molecule has 2 unspecified atom stereocenters. The minimum absolute atomic E-state index is 0.181. The molecule has 0 bridgehead atoms. The van der Waals surface area contributed by atoms with Crippen LogP contribution in [-0.2, 0) is 9.53 Å². The smallest absolute Gasteiger partial charge is 0.317 e. The maximum atomic E-state index is 10.7. The molecular formula is C14H26N2O3. The Morgan fingerprint density at radius 2 is 2.05 bits per heavy atom. The van der Waals surface area contributed by atoms with Crippen LogP contribution >= 0.6 is 0 Å². The van der Waals surface area contributed by atoms with Crippen LogP contribution in [0.5, 0.6) is 0 Å². The van der Waals surface area contributed by atoms with E-state index in [-0.39, 0.29) is 6.54 Å². The Labute approximate surface area is 115 Å². The van der Waals surface area contributed by atoms with Gasteiger partial charge >= 0.3 is 5.97 Å². The molecular weight excluding hydrogens is 244 g/mol. The van der Waals surface area contributed by atoms with Gasteiger partial charge in [-0.3, -0.25) is 14.6 Å². The molecule has 0 spiro atoms. The standard InChI is InChI=1S/C14H26N2O3/c1-2-3-13-10-12(4-9-19-13)16-7-5-15(6-8-16)11-14(17)18/h12-13H,2-11H2,1H3,(H,17,18). The first-order valence-electron chi connectivity index (χ1n) is 7.49. The second kappa shape index (κ2) is 7.22. The van der Waals surface area contributed by atoms with Gasteiger partial charge in [0, 0.05) is 38.8 Å². The fourth-order valence-corrected chi connectivity index (χ4v) is 3.19. The minimum atomic E-state index is -0.720. The SMILES string of the molecule is CCCC1CC(N2CCN(CC(=O)O)CC2)CCO1. The quantitative estimate of drug-likeness (QED) is 0.809. The average molecular weight is 270 g/mol. The lowest BCUT2D eigenvalue weighted by Gasteiger charge is -2.42. The van der Waals surface area contributed by atoms with Crippen LogP contribution in [0.4, 0.5) is 0 Å². The van der Waals surface area contributed by atoms with Gasteiger partial charge in [-0.15, -0.1) is 0 Å². The number of carboxylic acids is 1. The number of hydrogen-bond donors (Lipinski definition) is 1. The number of rotatable bonds is 5. The average Bonchev–Trinajstić information content (AvgIpc) is 2.40. The molecule has 1 N–H and O–H groups in total. The molecule has 5 nitrogen and oxygen atoms in total. The number of carbonyl (C=O) groups is 1. The van der Waals surface area contributed by atoms with Crippen molar-refractivity contribution in [2.45, 2.75) is 44.8 Å². The van der Waals surface area contributed by atoms with E-state index < -0.39 is 5.97 Å². The lowest BCUT2D eigenvalue weighted by atomic mass is 9.98. The molecule has 0 aromatic carbocycles. The third kappa shape index (κ3) is 4.44. The summed E-state index contributed by atoms with van der Waals surface area (Å²) in [6.07, 6.45) is 5.05. The molecule has 2 atom stereocenters. The van der Waals surface area contributed by atoms with Crippen LogP contribution in [0.1, 0.15) is 32.6 Å². The fraction of sp³-hybridized carbons (Fsp3) is 0.929. The minimum Gasteiger partial charge on any atom is -0.480 e. The Morgan fingerprint density at radius 3 is 2.68 bits per heavy atom. The third-order valence-corrected chi connectivity index (χ3v) is 4.23. The highest BCUT2D eigenvalue weighted by Crippen LogP contribution is 2.23. The van der Waals surface area contributed by atoms with Gasteiger partial charge in [-0.25, -0.2) is 0 Å². The number of piperazine rings is 1. The summed E-state index contributed by atoms with van der Waals surface area (Å²) in [6, 6.07) is 0.636. The summed E-state index contributed by atoms with van der Waals surface area (Å²) in [7, 11) is 0. The van der Waals surface area contributed by atoms with E-state index in [0.717, 1.165) is 52.0 Å². The van der Waals surface area contributed by atoms with Crippen molar-refractivity contribution in [2.75, 3.05) is 39.3 Å². The predicted molar refractivity (Wildman–Crippen MR) is 73.3 cm³/mol. The second-order valence-corrected chi connectivity index (χ2v) is 5.67. The van der Waals surface area contributed by atoms with E-state index in [9.17, 15) is 4.79 Å². The van der Waals surface area contributed by atoms with Crippen molar-refractivity contribution < 1.29 is 14.6 Å². The Hall–Kier alpha value is -0.650. The molecule has 0 aromatic rings. The fourth-order valence-electron chi connectivity index (χ4n) is 3.19. The third-order valence-electron chi connectivity index (χ3n) is 4.23. The largest absolute Gasteiger partial charge is 0.480 e. The molecule has 5 heteroatoms. The normalized spacial score (nSPS) is 30.4. The summed E-state index contributed by atoms with van der Waals surface area (Å²) < 4.78 is 5.80. The topological polar surface area (TPSA) is 53.0 Å². The van der Waals surface area contributed by atoms with E-state index in [1.165, 1.54) is 6.42 Å². The van der Waals surface area contributed by atoms with Gasteiger partial charge in [0.25, 0.3) is 0 Å². The van der Waals surface area contributed by atoms with Crippen LogP contribution in [0, 0.1) is 0 Å². The molecule has 0 saturated carbocycles. The maximum Gasteiger partial charge on any atom is 0.317 e. The second-order valence-electron chi connectivity index (χ2n) is 5.67. The van der Waals surface area contributed by atoms with Gasteiger partial charge in [0.15, 0.2) is 0 Å². The first-order chi connectivity index (χ1) is 9.19. The lowest BCUT2D eigenvalue weighted by molar-refractivity contribution is -0.138. The molecule has 0 amide bonds. The molecule has 2 saturated heterocycles. The molecule has 2 rings (SSSR count). The van der Waals surface area contributed by atoms with Crippen LogP contribution < -0.4 is 0 Å². The van der Waals surface area contributed by atoms with Crippen molar-refractivity contribution in [2.24, 2.45) is 0 Å². The van der Waals surface area contributed by atoms with E-state index in [2.05, 4.69) is 11.8 Å². The molecule has 2 aliphatic heterocycles. The van der Waals surface area contributed by atoms with Gasteiger partial charge in [-0.2, -0.15) is 0 Å². The summed E-state index contributed by atoms with van der Waals surface area (Å²) in [5, 5.41) is 8.80. The Kier molecular flexibility index (Phi) is 5.60. The number of ether oxygens (including phenoxy) is 1. The molecule has 2 aliphatic rings. The highest BCUT2D eigenvalue weighted by molar-refractivity contribution is 5.69. The number of hydrogen-bond acceptors (Lipinski definition) is 4. The van der Waals surface area contributed by atoms with Crippen molar-refractivity contribution in [1.82, 2.24) is 9.80 Å². The molecule has 0 aliphatic carbocycles. The van der Waals surface area contributed by atoms with Gasteiger partial charge in [0.1, 0.15) is 0 Å². The highest BCUT2D eigenvalue weighted by Gasteiger charge is 2.29. The van der Waals surface area contributed by atoms with Crippen molar-refractivity contribution in [3.63, 3.8) is 0 Å². The van der Waals surface area contributed by atoms with Crippen LogP contribution in [-0.4, -0.2) is 72.4 Å². The van der Waals surface area contributed by atoms with Crippen LogP contribution in [0.3, 0.4) is 0 Å². The summed E-state index contributed by atoms with van der Waals surface area (Å²) >= 11 is 0. The molecule has 110 valence electrons. The van der Waals surface area contributed by atoms with E-state index in [1.54, 1.807) is 0 Å². The first-order valence-corrected chi connectivity index (χ1v) is 7.49. The Balaban J connectivity index is 1.75. The van der Waals surface area contributed by atoms with Gasteiger partial charge in [0.2, 0.25) is 0 Å². The van der Waals surface area contributed by atoms with Crippen LogP contribution in [0.15, 0.2) is 0 Å². The van der Waals surface area contributed by atoms with E-state index in [1.807, 2.05) is 4.90 Å². The Bertz CT molecular complexity index is 288. The first kappa shape index (κ1) is 14.8. The number of nitrogens with zero attached hydrogens (tertiary/aromatic N) is 2. The zero-order chi connectivity index (χ0) is 13.7. The summed E-state index contributed by atoms with van der Waals surface area (Å²) in [4.78, 5) is 15.3. The van der Waals surface area contributed by atoms with E-state index in [4.69, 9.17) is 9.84 Å². The van der Waals surface area contributed by atoms with Gasteiger partial charge in [-0.1, -0.05) is 13.3 Å². The van der Waals surface area contributed by atoms with E-state index in [0.29, 0.717) is 12.1 Å². The number of carboxylic acid groups (broad SMARTS) is 1. The molecule has 2 fully saturated rings. The highest BCUT2D eigenvalue weighted by atomic mass is 16.5. The van der Waals surface area contributed by atoms with Gasteiger partial charge in [-0.05, 0) is 19.3 Å². The summed E-state index contributed by atoms with van der Waals surface area (Å²) in [5.74, 6) is -0.720. The van der Waals surface area contributed by atoms with Gasteiger partial charge in [0.05, 0.1) is 12.6 Å². The molecule has 0 radical (unpaired) electrons. The van der Waals surface area contributed by atoms with Crippen molar-refractivity contribution in [1.29, 1.82) is 0 Å². The van der Waals surface area contributed by atoms with Gasteiger partial charge < -0.3 is 9.84 Å². The predicted octanol–water partition coefficient (Wildman–Crippen LogP) is 1.04. The maximum absolute atomic E-state index is 10.7. The zero-order valence-electron chi connectivity index (χ0n) is 11.9. The molecule has 0 aromatic heterocycles. The van der Waals surface area contributed by atoms with E-state index >= 15 is 0 Å². The lowest BCUT2D eigenvalue weighted by Crippen LogP contribution is -2.53. The number of aliphatic carboxylic acids is 1. The monoisotopic (exact) mass is 270 g/mol. The zero-order valence-corrected chi connectivity index (χ0v) is 11.9. The van der Waals surface area contributed by atoms with Crippen molar-refractivity contribution in [3.05, 3.63) is 0 Å². The van der Waals surface area contributed by atoms with Crippen molar-refractivity contribution >= 4 is 5.97 Å². The van der Waals surface area contributed by atoms with Crippen LogP contribution in [0.25, 0.3) is 0 Å². The van der Waals surface area contributed by atoms with Crippen LogP contribution in [0.2, 0.25) is 0 Å². The summed E-state index contributed by atoms with van der Waals surface area (Å²) in [5.41, 5.74) is 0.